The van der Waals surface area contributed by atoms with Crippen molar-refractivity contribution in [1.29, 1.82) is 0 Å². The van der Waals surface area contributed by atoms with Crippen molar-refractivity contribution >= 4 is 34.8 Å². The van der Waals surface area contributed by atoms with Crippen LogP contribution in [-0.4, -0.2) is 42.0 Å². The number of carbonyl (C=O) groups is 2. The van der Waals surface area contributed by atoms with Gasteiger partial charge in [0.25, 0.3) is 5.91 Å². The maximum absolute atomic E-state index is 12.8. The van der Waals surface area contributed by atoms with Crippen LogP contribution in [-0.2, 0) is 11.2 Å². The Balaban J connectivity index is 1.95. The van der Waals surface area contributed by atoms with Gasteiger partial charge in [0, 0.05) is 24.3 Å². The summed E-state index contributed by atoms with van der Waals surface area (Å²) in [4.78, 5) is 26.9. The van der Waals surface area contributed by atoms with Crippen molar-refractivity contribution in [2.45, 2.75) is 33.1 Å². The van der Waals surface area contributed by atoms with Crippen LogP contribution in [0.2, 0.25) is 0 Å². The maximum Gasteiger partial charge on any atom is 0.253 e. The van der Waals surface area contributed by atoms with Crippen LogP contribution in [0.15, 0.2) is 48.5 Å². The molecule has 2 aromatic rings. The summed E-state index contributed by atoms with van der Waals surface area (Å²) in [6.07, 6.45) is 2.02. The molecular formula is C23H29N3O3S. The number of thiocarbonyl (C=S) groups is 1. The Kier molecular flexibility index (Phi) is 9.28. The van der Waals surface area contributed by atoms with Gasteiger partial charge in [-0.1, -0.05) is 32.0 Å². The molecule has 0 spiro atoms. The number of methoxy groups -OCH3 is 1. The lowest BCUT2D eigenvalue weighted by atomic mass is 10.1. The van der Waals surface area contributed by atoms with E-state index < -0.39 is 0 Å². The fourth-order valence-electron chi connectivity index (χ4n) is 3.03. The smallest absolute Gasteiger partial charge is 0.253 e. The summed E-state index contributed by atoms with van der Waals surface area (Å²) in [7, 11) is 1.60. The second kappa shape index (κ2) is 11.9. The first-order valence-electron chi connectivity index (χ1n) is 10.1. The average Bonchev–Trinajstić information content (AvgIpc) is 2.73. The third kappa shape index (κ3) is 7.15. The molecule has 0 aliphatic rings. The van der Waals surface area contributed by atoms with Crippen molar-refractivity contribution in [3.8, 4) is 5.75 Å². The zero-order valence-corrected chi connectivity index (χ0v) is 18.6. The van der Waals surface area contributed by atoms with Crippen molar-refractivity contribution < 1.29 is 14.3 Å². The number of nitrogens with zero attached hydrogens (tertiary/aromatic N) is 1. The number of amides is 2. The van der Waals surface area contributed by atoms with Crippen LogP contribution in [0, 0.1) is 0 Å². The van der Waals surface area contributed by atoms with Gasteiger partial charge in [0.1, 0.15) is 5.75 Å². The Labute approximate surface area is 183 Å². The molecule has 2 aromatic carbocycles. The van der Waals surface area contributed by atoms with Gasteiger partial charge in [0.05, 0.1) is 13.5 Å². The minimum Gasteiger partial charge on any atom is -0.497 e. The SMILES string of the molecule is CCCN(CCC)C(=O)c1cccc(NC(=S)NC(=O)Cc2ccc(OC)cc2)c1. The van der Waals surface area contributed by atoms with Crippen molar-refractivity contribution in [2.75, 3.05) is 25.5 Å². The monoisotopic (exact) mass is 427 g/mol. The molecule has 0 bridgehead atoms. The molecule has 160 valence electrons. The number of benzene rings is 2. The summed E-state index contributed by atoms with van der Waals surface area (Å²) >= 11 is 5.25. The van der Waals surface area contributed by atoms with E-state index in [-0.39, 0.29) is 23.3 Å². The molecule has 0 saturated heterocycles. The zero-order chi connectivity index (χ0) is 21.9. The van der Waals surface area contributed by atoms with Gasteiger partial charge in [-0.05, 0) is 61.0 Å². The Morgan fingerprint density at radius 1 is 1.03 bits per heavy atom. The number of anilines is 1. The molecule has 0 heterocycles. The maximum atomic E-state index is 12.8. The van der Waals surface area contributed by atoms with Crippen molar-refractivity contribution in [3.63, 3.8) is 0 Å². The molecule has 0 unspecified atom stereocenters. The van der Waals surface area contributed by atoms with E-state index in [0.29, 0.717) is 11.3 Å². The van der Waals surface area contributed by atoms with Gasteiger partial charge in [-0.3, -0.25) is 9.59 Å². The molecular weight excluding hydrogens is 398 g/mol. The fraction of sp³-hybridized carbons (Fsp3) is 0.348. The largest absolute Gasteiger partial charge is 0.497 e. The molecule has 0 radical (unpaired) electrons. The number of carbonyl (C=O) groups excluding carboxylic acids is 2. The molecule has 0 atom stereocenters. The van der Waals surface area contributed by atoms with Crippen molar-refractivity contribution in [3.05, 3.63) is 59.7 Å². The number of rotatable bonds is 9. The van der Waals surface area contributed by atoms with Crippen LogP contribution < -0.4 is 15.4 Å². The lowest BCUT2D eigenvalue weighted by molar-refractivity contribution is -0.119. The topological polar surface area (TPSA) is 70.7 Å². The summed E-state index contributed by atoms with van der Waals surface area (Å²) < 4.78 is 5.11. The Morgan fingerprint density at radius 3 is 2.30 bits per heavy atom. The highest BCUT2D eigenvalue weighted by Gasteiger charge is 2.15. The van der Waals surface area contributed by atoms with E-state index in [1.807, 2.05) is 35.2 Å². The minimum atomic E-state index is -0.220. The van der Waals surface area contributed by atoms with Crippen LogP contribution in [0.3, 0.4) is 0 Å². The molecule has 0 fully saturated rings. The molecule has 2 amide bonds. The Morgan fingerprint density at radius 2 is 1.70 bits per heavy atom. The zero-order valence-electron chi connectivity index (χ0n) is 17.7. The number of hydrogen-bond donors (Lipinski definition) is 2. The van der Waals surface area contributed by atoms with E-state index >= 15 is 0 Å². The van der Waals surface area contributed by atoms with Crippen LogP contribution >= 0.6 is 12.2 Å². The van der Waals surface area contributed by atoms with E-state index in [1.54, 1.807) is 25.3 Å². The van der Waals surface area contributed by atoms with Gasteiger partial charge in [-0.15, -0.1) is 0 Å². The van der Waals surface area contributed by atoms with Crippen molar-refractivity contribution in [2.24, 2.45) is 0 Å². The fourth-order valence-corrected chi connectivity index (χ4v) is 3.26. The van der Waals surface area contributed by atoms with Gasteiger partial charge in [-0.2, -0.15) is 0 Å². The van der Waals surface area contributed by atoms with Crippen molar-refractivity contribution in [1.82, 2.24) is 10.2 Å². The molecule has 0 aliphatic carbocycles. The van der Waals surface area contributed by atoms with Crippen LogP contribution in [0.1, 0.15) is 42.6 Å². The second-order valence-corrected chi connectivity index (χ2v) is 7.31. The molecule has 0 aliphatic heterocycles. The van der Waals surface area contributed by atoms with E-state index in [9.17, 15) is 9.59 Å². The molecule has 2 rings (SSSR count). The first-order chi connectivity index (χ1) is 14.5. The number of ether oxygens (including phenoxy) is 1. The second-order valence-electron chi connectivity index (χ2n) is 6.90. The van der Waals surface area contributed by atoms with Crippen LogP contribution in [0.5, 0.6) is 5.75 Å². The van der Waals surface area contributed by atoms with Gasteiger partial charge < -0.3 is 20.3 Å². The van der Waals surface area contributed by atoms with E-state index in [4.69, 9.17) is 17.0 Å². The highest BCUT2D eigenvalue weighted by Crippen LogP contribution is 2.14. The van der Waals surface area contributed by atoms with Gasteiger partial charge >= 0.3 is 0 Å². The Bertz CT molecular complexity index is 862. The molecule has 6 nitrogen and oxygen atoms in total. The summed E-state index contributed by atoms with van der Waals surface area (Å²) in [6.45, 7) is 5.57. The van der Waals surface area contributed by atoms with E-state index in [2.05, 4.69) is 24.5 Å². The van der Waals surface area contributed by atoms with E-state index in [1.165, 1.54) is 0 Å². The highest BCUT2D eigenvalue weighted by molar-refractivity contribution is 7.80. The quantitative estimate of drug-likeness (QED) is 0.592. The first-order valence-corrected chi connectivity index (χ1v) is 10.5. The standard InChI is InChI=1S/C23H29N3O3S/c1-4-13-26(14-5-2)22(28)18-7-6-8-19(16-18)24-23(30)25-21(27)15-17-9-11-20(29-3)12-10-17/h6-12,16H,4-5,13-15H2,1-3H3,(H2,24,25,27,30). The summed E-state index contributed by atoms with van der Waals surface area (Å²) in [6, 6.07) is 14.4. The predicted molar refractivity (Wildman–Crippen MR) is 124 cm³/mol. The first kappa shape index (κ1) is 23.3. The van der Waals surface area contributed by atoms with Crippen LogP contribution in [0.4, 0.5) is 5.69 Å². The lowest BCUT2D eigenvalue weighted by Crippen LogP contribution is -2.35. The normalized spacial score (nSPS) is 10.2. The van der Waals surface area contributed by atoms with E-state index in [0.717, 1.165) is 37.2 Å². The minimum absolute atomic E-state index is 0.00295. The summed E-state index contributed by atoms with van der Waals surface area (Å²) in [5.41, 5.74) is 2.11. The third-order valence-electron chi connectivity index (χ3n) is 4.42. The lowest BCUT2D eigenvalue weighted by Gasteiger charge is -2.21. The van der Waals surface area contributed by atoms with Crippen LogP contribution in [0.25, 0.3) is 0 Å². The molecule has 30 heavy (non-hydrogen) atoms. The number of hydrogen-bond acceptors (Lipinski definition) is 4. The molecule has 2 N–H and O–H groups in total. The third-order valence-corrected chi connectivity index (χ3v) is 4.62. The molecule has 0 aromatic heterocycles. The van der Waals surface area contributed by atoms with Gasteiger partial charge in [0.2, 0.25) is 5.91 Å². The van der Waals surface area contributed by atoms with Gasteiger partial charge in [-0.25, -0.2) is 0 Å². The molecule has 7 heteroatoms. The highest BCUT2D eigenvalue weighted by atomic mass is 32.1. The summed E-state index contributed by atoms with van der Waals surface area (Å²) in [5.74, 6) is 0.515. The average molecular weight is 428 g/mol. The molecule has 0 saturated carbocycles. The number of nitrogens with one attached hydrogen (secondary N) is 2. The predicted octanol–water partition coefficient (Wildman–Crippen LogP) is 4.01. The summed E-state index contributed by atoms with van der Waals surface area (Å²) in [5, 5.41) is 5.85. The Hall–Kier alpha value is -2.93. The van der Waals surface area contributed by atoms with Gasteiger partial charge in [0.15, 0.2) is 5.11 Å².